The van der Waals surface area contributed by atoms with Crippen molar-refractivity contribution < 1.29 is 14.3 Å². The number of nitrogens with one attached hydrogen (secondary N) is 2. The van der Waals surface area contributed by atoms with Gasteiger partial charge in [-0.15, -0.1) is 0 Å². The van der Waals surface area contributed by atoms with E-state index in [0.29, 0.717) is 11.3 Å². The van der Waals surface area contributed by atoms with E-state index in [1.165, 1.54) is 60.7 Å². The van der Waals surface area contributed by atoms with Crippen molar-refractivity contribution in [1.82, 2.24) is 4.98 Å². The molecule has 182 valence electrons. The molecule has 0 atom stereocenters. The molecule has 0 fully saturated rings. The normalized spacial score (nSPS) is 14.5. The SMILES string of the molecule is C1=C(c2ccc(Nc3ccc4c(c3)CCCC4)cc2)CCOC1.CNc1cnccc1C(=O)OC. The molecular weight excluding hydrogens is 438 g/mol. The molecule has 3 aromatic rings. The van der Waals surface area contributed by atoms with E-state index in [1.807, 2.05) is 0 Å². The number of fused-ring (bicyclic) bond motifs is 1. The summed E-state index contributed by atoms with van der Waals surface area (Å²) in [6.45, 7) is 1.57. The van der Waals surface area contributed by atoms with Crippen LogP contribution in [0.2, 0.25) is 0 Å². The Balaban J connectivity index is 0.000000204. The fourth-order valence-corrected chi connectivity index (χ4v) is 4.42. The van der Waals surface area contributed by atoms with Gasteiger partial charge < -0.3 is 20.1 Å². The number of hydrogen-bond acceptors (Lipinski definition) is 6. The second-order valence-corrected chi connectivity index (χ2v) is 8.61. The molecule has 1 aliphatic heterocycles. The van der Waals surface area contributed by atoms with Gasteiger partial charge in [0.2, 0.25) is 0 Å². The Hall–Kier alpha value is -3.64. The molecule has 0 spiro atoms. The van der Waals surface area contributed by atoms with Gasteiger partial charge in [-0.25, -0.2) is 4.79 Å². The molecule has 6 heteroatoms. The van der Waals surface area contributed by atoms with E-state index < -0.39 is 0 Å². The molecule has 2 aliphatic rings. The zero-order chi connectivity index (χ0) is 24.5. The number of aryl methyl sites for hydroxylation is 2. The maximum absolute atomic E-state index is 11.1. The number of benzene rings is 2. The average Bonchev–Trinajstić information content (AvgIpc) is 2.94. The van der Waals surface area contributed by atoms with E-state index >= 15 is 0 Å². The van der Waals surface area contributed by atoms with Gasteiger partial charge in [-0.05, 0) is 84.7 Å². The number of carbonyl (C=O) groups is 1. The molecular formula is C29H33N3O3. The average molecular weight is 472 g/mol. The van der Waals surface area contributed by atoms with E-state index in [4.69, 9.17) is 4.74 Å². The van der Waals surface area contributed by atoms with Gasteiger partial charge in [-0.3, -0.25) is 4.98 Å². The number of aromatic nitrogens is 1. The van der Waals surface area contributed by atoms with Crippen LogP contribution in [0.3, 0.4) is 0 Å². The van der Waals surface area contributed by atoms with Crippen molar-refractivity contribution in [1.29, 1.82) is 0 Å². The topological polar surface area (TPSA) is 72.5 Å². The number of esters is 1. The van der Waals surface area contributed by atoms with E-state index in [0.717, 1.165) is 25.3 Å². The summed E-state index contributed by atoms with van der Waals surface area (Å²) >= 11 is 0. The third-order valence-corrected chi connectivity index (χ3v) is 6.35. The zero-order valence-corrected chi connectivity index (χ0v) is 20.5. The summed E-state index contributed by atoms with van der Waals surface area (Å²) in [5, 5.41) is 6.39. The van der Waals surface area contributed by atoms with Crippen molar-refractivity contribution in [3.05, 3.63) is 89.3 Å². The first-order valence-electron chi connectivity index (χ1n) is 12.1. The molecule has 0 amide bonds. The van der Waals surface area contributed by atoms with Crippen molar-refractivity contribution in [2.45, 2.75) is 32.1 Å². The Labute approximate surface area is 207 Å². The molecule has 0 saturated carbocycles. The summed E-state index contributed by atoms with van der Waals surface area (Å²) in [5.41, 5.74) is 9.27. The summed E-state index contributed by atoms with van der Waals surface area (Å²) in [6.07, 6.45) is 11.4. The minimum atomic E-state index is -0.359. The molecule has 35 heavy (non-hydrogen) atoms. The molecule has 2 N–H and O–H groups in total. The van der Waals surface area contributed by atoms with Crippen LogP contribution in [-0.4, -0.2) is 38.3 Å². The van der Waals surface area contributed by atoms with Crippen LogP contribution in [0.4, 0.5) is 17.1 Å². The van der Waals surface area contributed by atoms with Crippen LogP contribution in [0.25, 0.3) is 5.57 Å². The Bertz CT molecular complexity index is 1170. The molecule has 2 aromatic carbocycles. The predicted octanol–water partition coefficient (Wildman–Crippen LogP) is 6.02. The first-order valence-corrected chi connectivity index (χ1v) is 12.1. The first-order chi connectivity index (χ1) is 17.2. The van der Waals surface area contributed by atoms with Gasteiger partial charge in [0, 0.05) is 24.6 Å². The molecule has 0 radical (unpaired) electrons. The molecule has 2 heterocycles. The summed E-state index contributed by atoms with van der Waals surface area (Å²) < 4.78 is 9.95. The van der Waals surface area contributed by atoms with Gasteiger partial charge in [0.05, 0.1) is 37.8 Å². The van der Waals surface area contributed by atoms with Crippen molar-refractivity contribution in [3.8, 4) is 0 Å². The Kier molecular flexibility index (Phi) is 8.52. The summed E-state index contributed by atoms with van der Waals surface area (Å²) in [5.74, 6) is -0.359. The minimum absolute atomic E-state index is 0.359. The first kappa shape index (κ1) is 24.5. The van der Waals surface area contributed by atoms with Crippen LogP contribution in [-0.2, 0) is 22.3 Å². The van der Waals surface area contributed by atoms with Gasteiger partial charge in [-0.1, -0.05) is 24.3 Å². The monoisotopic (exact) mass is 471 g/mol. The van der Waals surface area contributed by atoms with Gasteiger partial charge >= 0.3 is 5.97 Å². The fourth-order valence-electron chi connectivity index (χ4n) is 4.42. The number of anilines is 3. The van der Waals surface area contributed by atoms with E-state index in [1.54, 1.807) is 25.5 Å². The molecule has 0 saturated heterocycles. The lowest BCUT2D eigenvalue weighted by Crippen LogP contribution is -2.05. The fraction of sp³-hybridized carbons (Fsp3) is 0.310. The number of carbonyl (C=O) groups excluding carboxylic acids is 1. The van der Waals surface area contributed by atoms with Gasteiger partial charge in [0.1, 0.15) is 0 Å². The van der Waals surface area contributed by atoms with Crippen LogP contribution in [0.15, 0.2) is 67.0 Å². The van der Waals surface area contributed by atoms with Crippen molar-refractivity contribution >= 4 is 28.6 Å². The zero-order valence-electron chi connectivity index (χ0n) is 20.5. The maximum atomic E-state index is 11.1. The van der Waals surface area contributed by atoms with Crippen molar-refractivity contribution in [2.24, 2.45) is 0 Å². The summed E-state index contributed by atoms with van der Waals surface area (Å²) in [7, 11) is 3.08. The highest BCUT2D eigenvalue weighted by atomic mass is 16.5. The summed E-state index contributed by atoms with van der Waals surface area (Å²) in [6, 6.07) is 17.2. The summed E-state index contributed by atoms with van der Waals surface area (Å²) in [4.78, 5) is 15.0. The highest BCUT2D eigenvalue weighted by Gasteiger charge is 2.11. The van der Waals surface area contributed by atoms with Crippen molar-refractivity contribution in [3.63, 3.8) is 0 Å². The van der Waals surface area contributed by atoms with Crippen LogP contribution in [0.1, 0.15) is 46.3 Å². The molecule has 0 bridgehead atoms. The third-order valence-electron chi connectivity index (χ3n) is 6.35. The maximum Gasteiger partial charge on any atom is 0.340 e. The molecule has 5 rings (SSSR count). The lowest BCUT2D eigenvalue weighted by atomic mass is 9.91. The van der Waals surface area contributed by atoms with E-state index in [9.17, 15) is 4.79 Å². The van der Waals surface area contributed by atoms with Crippen LogP contribution in [0.5, 0.6) is 0 Å². The standard InChI is InChI=1S/C21H23NO.C8H10N2O2/c1-2-4-19-15-21(10-7-16(19)3-1)22-20-8-5-17(6-9-20)18-11-13-23-14-12-18;1-9-7-5-10-4-3-6(7)8(11)12-2/h5-11,15,22H,1-4,12-14H2;3-5,9H,1-2H3. The van der Waals surface area contributed by atoms with Gasteiger partial charge in [0.15, 0.2) is 0 Å². The Morgan fingerprint density at radius 3 is 2.46 bits per heavy atom. The number of ether oxygens (including phenoxy) is 2. The smallest absolute Gasteiger partial charge is 0.340 e. The molecule has 6 nitrogen and oxygen atoms in total. The lowest BCUT2D eigenvalue weighted by molar-refractivity contribution is 0.0601. The van der Waals surface area contributed by atoms with Crippen LogP contribution >= 0.6 is 0 Å². The molecule has 0 unspecified atom stereocenters. The number of rotatable bonds is 5. The Morgan fingerprint density at radius 2 is 1.74 bits per heavy atom. The highest BCUT2D eigenvalue weighted by Crippen LogP contribution is 2.27. The van der Waals surface area contributed by atoms with Crippen LogP contribution in [0, 0.1) is 0 Å². The second kappa shape index (κ2) is 12.2. The number of pyridine rings is 1. The Morgan fingerprint density at radius 1 is 0.971 bits per heavy atom. The number of nitrogens with zero attached hydrogens (tertiary/aromatic N) is 1. The van der Waals surface area contributed by atoms with E-state index in [2.05, 4.69) is 68.9 Å². The highest BCUT2D eigenvalue weighted by molar-refractivity contribution is 5.95. The lowest BCUT2D eigenvalue weighted by Gasteiger charge is -2.17. The molecule has 1 aliphatic carbocycles. The number of methoxy groups -OCH3 is 1. The minimum Gasteiger partial charge on any atom is -0.465 e. The van der Waals surface area contributed by atoms with Gasteiger partial charge in [-0.2, -0.15) is 0 Å². The quantitative estimate of drug-likeness (QED) is 0.443. The predicted molar refractivity (Wildman–Crippen MR) is 141 cm³/mol. The molecule has 1 aromatic heterocycles. The van der Waals surface area contributed by atoms with Crippen LogP contribution < -0.4 is 10.6 Å². The van der Waals surface area contributed by atoms with Gasteiger partial charge in [0.25, 0.3) is 0 Å². The third kappa shape index (κ3) is 6.49. The van der Waals surface area contributed by atoms with Crippen molar-refractivity contribution in [2.75, 3.05) is 38.0 Å². The second-order valence-electron chi connectivity index (χ2n) is 8.61. The number of hydrogen-bond donors (Lipinski definition) is 2. The largest absolute Gasteiger partial charge is 0.465 e. The van der Waals surface area contributed by atoms with E-state index in [-0.39, 0.29) is 5.97 Å².